The first-order valence-corrected chi connectivity index (χ1v) is 10.1. The van der Waals surface area contributed by atoms with Gasteiger partial charge in [0.1, 0.15) is 0 Å². The van der Waals surface area contributed by atoms with Gasteiger partial charge < -0.3 is 9.80 Å². The van der Waals surface area contributed by atoms with E-state index in [9.17, 15) is 0 Å². The van der Waals surface area contributed by atoms with Gasteiger partial charge in [-0.1, -0.05) is 47.5 Å². The minimum atomic E-state index is 0.493. The van der Waals surface area contributed by atoms with E-state index in [1.165, 1.54) is 5.69 Å². The molecule has 8 heteroatoms. The van der Waals surface area contributed by atoms with Crippen LogP contribution in [0, 0.1) is 0 Å². The summed E-state index contributed by atoms with van der Waals surface area (Å²) < 4.78 is 0. The predicted octanol–water partition coefficient (Wildman–Crippen LogP) is 4.56. The Bertz CT molecular complexity index is 970. The molecule has 1 fully saturated rings. The van der Waals surface area contributed by atoms with Crippen molar-refractivity contribution in [2.75, 3.05) is 41.4 Å². The lowest BCUT2D eigenvalue weighted by Gasteiger charge is -2.36. The second kappa shape index (κ2) is 9.11. The van der Waals surface area contributed by atoms with E-state index < -0.39 is 0 Å². The summed E-state index contributed by atoms with van der Waals surface area (Å²) in [6, 6.07) is 19.6. The smallest absolute Gasteiger partial charge is 0.168 e. The highest BCUT2D eigenvalue weighted by molar-refractivity contribution is 6.42. The van der Waals surface area contributed by atoms with Crippen molar-refractivity contribution in [1.29, 1.82) is 0 Å². The summed E-state index contributed by atoms with van der Waals surface area (Å²) in [6.07, 6.45) is 1.65. The van der Waals surface area contributed by atoms with Gasteiger partial charge in [-0.3, -0.25) is 5.43 Å². The van der Waals surface area contributed by atoms with Gasteiger partial charge in [-0.15, -0.1) is 10.2 Å². The van der Waals surface area contributed by atoms with Crippen molar-refractivity contribution in [1.82, 2.24) is 10.2 Å². The van der Waals surface area contributed by atoms with Gasteiger partial charge in [-0.25, -0.2) is 0 Å². The van der Waals surface area contributed by atoms with Gasteiger partial charge >= 0.3 is 0 Å². The molecule has 1 aliphatic rings. The molecule has 4 rings (SSSR count). The molecule has 0 atom stereocenters. The molecule has 0 spiro atoms. The molecule has 29 heavy (non-hydrogen) atoms. The Kier molecular flexibility index (Phi) is 6.12. The highest BCUT2D eigenvalue weighted by atomic mass is 35.5. The number of hydrazone groups is 1. The van der Waals surface area contributed by atoms with Crippen LogP contribution in [0.3, 0.4) is 0 Å². The predicted molar refractivity (Wildman–Crippen MR) is 121 cm³/mol. The second-order valence-corrected chi connectivity index (χ2v) is 7.44. The average molecular weight is 427 g/mol. The van der Waals surface area contributed by atoms with Crippen molar-refractivity contribution in [2.24, 2.45) is 5.10 Å². The first-order valence-electron chi connectivity index (χ1n) is 9.32. The van der Waals surface area contributed by atoms with E-state index in [-0.39, 0.29) is 0 Å². The van der Waals surface area contributed by atoms with Crippen molar-refractivity contribution >= 4 is 46.7 Å². The first-order chi connectivity index (χ1) is 14.2. The third-order valence-corrected chi connectivity index (χ3v) is 5.45. The summed E-state index contributed by atoms with van der Waals surface area (Å²) in [7, 11) is 0. The van der Waals surface area contributed by atoms with Crippen molar-refractivity contribution in [2.45, 2.75) is 0 Å². The molecule has 0 radical (unpaired) electrons. The number of rotatable bonds is 5. The van der Waals surface area contributed by atoms with E-state index in [0.29, 0.717) is 15.9 Å². The van der Waals surface area contributed by atoms with Gasteiger partial charge in [0.2, 0.25) is 0 Å². The largest absolute Gasteiger partial charge is 0.368 e. The Morgan fingerprint density at radius 1 is 0.828 bits per heavy atom. The minimum absolute atomic E-state index is 0.493. The van der Waals surface area contributed by atoms with Crippen molar-refractivity contribution in [3.63, 3.8) is 0 Å². The highest BCUT2D eigenvalue weighted by Gasteiger charge is 2.18. The number of hydrogen-bond acceptors (Lipinski definition) is 6. The molecule has 2 aromatic carbocycles. The molecular formula is C21H20Cl2N6. The van der Waals surface area contributed by atoms with Crippen molar-refractivity contribution in [3.8, 4) is 0 Å². The van der Waals surface area contributed by atoms with E-state index in [4.69, 9.17) is 23.2 Å². The number of nitrogens with one attached hydrogen (secondary N) is 1. The zero-order chi connectivity index (χ0) is 20.1. The summed E-state index contributed by atoms with van der Waals surface area (Å²) in [5.41, 5.74) is 4.98. The SMILES string of the molecule is Clc1ccc(/C=N/Nc2ccc(N3CCN(c4ccccc4)CC3)nn2)cc1Cl. The Balaban J connectivity index is 1.31. The third kappa shape index (κ3) is 4.96. The number of halogens is 2. The van der Waals surface area contributed by atoms with Crippen LogP contribution in [0.1, 0.15) is 5.56 Å². The quantitative estimate of drug-likeness (QED) is 0.478. The molecule has 0 bridgehead atoms. The zero-order valence-electron chi connectivity index (χ0n) is 15.7. The molecule has 148 valence electrons. The lowest BCUT2D eigenvalue weighted by atomic mass is 10.2. The van der Waals surface area contributed by atoms with Gasteiger partial charge in [0.15, 0.2) is 11.6 Å². The normalized spacial score (nSPS) is 14.4. The fourth-order valence-corrected chi connectivity index (χ4v) is 3.46. The molecule has 1 aliphatic heterocycles. The Labute approximate surface area is 179 Å². The minimum Gasteiger partial charge on any atom is -0.368 e. The molecule has 6 nitrogen and oxygen atoms in total. The molecule has 1 aromatic heterocycles. The summed E-state index contributed by atoms with van der Waals surface area (Å²) >= 11 is 11.9. The number of aromatic nitrogens is 2. The maximum atomic E-state index is 6.00. The van der Waals surface area contributed by atoms with E-state index in [1.807, 2.05) is 24.3 Å². The van der Waals surface area contributed by atoms with Gasteiger partial charge in [-0.2, -0.15) is 5.10 Å². The van der Waals surface area contributed by atoms with Crippen LogP contribution in [0.25, 0.3) is 0 Å². The highest BCUT2D eigenvalue weighted by Crippen LogP contribution is 2.22. The summed E-state index contributed by atoms with van der Waals surface area (Å²) in [5, 5.41) is 13.7. The number of benzene rings is 2. The molecule has 0 unspecified atom stereocenters. The first kappa shape index (κ1) is 19.5. The van der Waals surface area contributed by atoms with Gasteiger partial charge in [0.05, 0.1) is 16.3 Å². The van der Waals surface area contributed by atoms with Gasteiger partial charge in [-0.05, 0) is 42.0 Å². The van der Waals surface area contributed by atoms with Crippen LogP contribution >= 0.6 is 23.2 Å². The van der Waals surface area contributed by atoms with E-state index in [2.05, 4.69) is 54.8 Å². The summed E-state index contributed by atoms with van der Waals surface area (Å²) in [4.78, 5) is 4.63. The van der Waals surface area contributed by atoms with E-state index in [1.54, 1.807) is 18.3 Å². The summed E-state index contributed by atoms with van der Waals surface area (Å²) in [6.45, 7) is 3.73. The summed E-state index contributed by atoms with van der Waals surface area (Å²) in [5.74, 6) is 1.45. The second-order valence-electron chi connectivity index (χ2n) is 6.63. The number of hydrogen-bond donors (Lipinski definition) is 1. The molecule has 1 saturated heterocycles. The van der Waals surface area contributed by atoms with Crippen LogP contribution in [-0.4, -0.2) is 42.6 Å². The van der Waals surface area contributed by atoms with E-state index >= 15 is 0 Å². The van der Waals surface area contributed by atoms with Crippen LogP contribution in [-0.2, 0) is 0 Å². The maximum Gasteiger partial charge on any atom is 0.168 e. The fraction of sp³-hybridized carbons (Fsp3) is 0.190. The fourth-order valence-electron chi connectivity index (χ4n) is 3.15. The molecule has 0 saturated carbocycles. The monoisotopic (exact) mass is 426 g/mol. The third-order valence-electron chi connectivity index (χ3n) is 4.71. The van der Waals surface area contributed by atoms with Crippen LogP contribution in [0.15, 0.2) is 65.8 Å². The molecule has 2 heterocycles. The Morgan fingerprint density at radius 3 is 2.28 bits per heavy atom. The Morgan fingerprint density at radius 2 is 1.59 bits per heavy atom. The van der Waals surface area contributed by atoms with Crippen LogP contribution in [0.5, 0.6) is 0 Å². The molecule has 0 amide bonds. The standard InChI is InChI=1S/C21H20Cl2N6/c22-18-7-6-16(14-19(18)23)15-24-25-20-8-9-21(27-26-20)29-12-10-28(11-13-29)17-4-2-1-3-5-17/h1-9,14-15H,10-13H2,(H,25,26)/b24-15+. The topological polar surface area (TPSA) is 56.7 Å². The number of anilines is 3. The number of para-hydroxylation sites is 1. The average Bonchev–Trinajstić information content (AvgIpc) is 2.77. The van der Waals surface area contributed by atoms with Crippen molar-refractivity contribution < 1.29 is 0 Å². The van der Waals surface area contributed by atoms with Crippen LogP contribution < -0.4 is 15.2 Å². The van der Waals surface area contributed by atoms with Crippen LogP contribution in [0.2, 0.25) is 10.0 Å². The molecule has 3 aromatic rings. The number of nitrogens with zero attached hydrogens (tertiary/aromatic N) is 5. The lowest BCUT2D eigenvalue weighted by Crippen LogP contribution is -2.46. The molecule has 1 N–H and O–H groups in total. The van der Waals surface area contributed by atoms with Crippen LogP contribution in [0.4, 0.5) is 17.3 Å². The van der Waals surface area contributed by atoms with E-state index in [0.717, 1.165) is 37.6 Å². The molecule has 0 aliphatic carbocycles. The van der Waals surface area contributed by atoms with Crippen molar-refractivity contribution in [3.05, 3.63) is 76.3 Å². The Hall–Kier alpha value is -2.83. The number of piperazine rings is 1. The maximum absolute atomic E-state index is 6.00. The van der Waals surface area contributed by atoms with Gasteiger partial charge in [0.25, 0.3) is 0 Å². The van der Waals surface area contributed by atoms with Gasteiger partial charge in [0, 0.05) is 31.9 Å². The lowest BCUT2D eigenvalue weighted by molar-refractivity contribution is 0.644. The molecular weight excluding hydrogens is 407 g/mol. The zero-order valence-corrected chi connectivity index (χ0v) is 17.2.